The van der Waals surface area contributed by atoms with Gasteiger partial charge in [0.25, 0.3) is 0 Å². The lowest BCUT2D eigenvalue weighted by molar-refractivity contribution is 0.483. The highest BCUT2D eigenvalue weighted by molar-refractivity contribution is 6.17. The predicted molar refractivity (Wildman–Crippen MR) is 333 cm³/mol. The van der Waals surface area contributed by atoms with Crippen LogP contribution in [0.1, 0.15) is 106 Å². The summed E-state index contributed by atoms with van der Waals surface area (Å²) >= 11 is 0. The van der Waals surface area contributed by atoms with Gasteiger partial charge in [0.05, 0.1) is 56.9 Å². The van der Waals surface area contributed by atoms with Crippen LogP contribution in [0.2, 0.25) is 0 Å². The van der Waals surface area contributed by atoms with Crippen molar-refractivity contribution in [1.29, 1.82) is 0 Å². The Hall–Kier alpha value is -8.87. The smallest absolute Gasteiger partial charge is 0.137 e. The molecule has 6 heteroatoms. The summed E-state index contributed by atoms with van der Waals surface area (Å²) in [7, 11) is 0. The molecule has 0 radical (unpaired) electrons. The molecule has 390 valence electrons. The van der Waals surface area contributed by atoms with E-state index in [1.807, 2.05) is 18.2 Å². The zero-order chi connectivity index (χ0) is 68.3. The van der Waals surface area contributed by atoms with E-state index in [4.69, 9.17) is 26.2 Å². The minimum absolute atomic E-state index is 0.0135. The number of aromatic nitrogens is 3. The van der Waals surface area contributed by atoms with Crippen molar-refractivity contribution in [3.8, 4) is 45.3 Å². The van der Waals surface area contributed by atoms with Gasteiger partial charge >= 0.3 is 0 Å². The Morgan fingerprint density at radius 3 is 1.82 bits per heavy atom. The number of benzene rings is 9. The number of ether oxygens (including phenoxy) is 1. The average Bonchev–Trinajstić information content (AvgIpc) is 1.54. The minimum Gasteiger partial charge on any atom is -0.457 e. The molecule has 0 atom stereocenters. The molecule has 1 aliphatic rings. The van der Waals surface area contributed by atoms with Crippen LogP contribution in [-0.4, -0.2) is 20.8 Å². The summed E-state index contributed by atoms with van der Waals surface area (Å²) in [5.41, 5.74) is 8.68. The minimum atomic E-state index is -2.95. The molecule has 0 aliphatic carbocycles. The molecule has 6 nitrogen and oxygen atoms in total. The summed E-state index contributed by atoms with van der Waals surface area (Å²) in [5, 5.41) is 0.577. The van der Waals surface area contributed by atoms with Gasteiger partial charge in [-0.05, 0) is 123 Å². The molecule has 3 aromatic heterocycles. The molecule has 1 aliphatic heterocycles. The van der Waals surface area contributed by atoms with Crippen molar-refractivity contribution in [2.45, 2.75) is 85.4 Å². The van der Waals surface area contributed by atoms with Gasteiger partial charge in [0.15, 0.2) is 0 Å². The Kier molecular flexibility index (Phi) is 8.22. The van der Waals surface area contributed by atoms with Gasteiger partial charge in [0.2, 0.25) is 0 Å². The van der Waals surface area contributed by atoms with Crippen molar-refractivity contribution in [3.05, 3.63) is 234 Å². The topological polar surface area (TPSA) is 38.5 Å². The SMILES string of the molecule is [2H]c1c([2H])c([2H])c(-c2cnc(-n3c4ccccc4c4c(-n5c6c([2H])c([2H])c([2H])c([2H])c6c6c([2H])c([2H])c([2H])c([2H])c65)cc(Oc5cccc(N6CN(c7cc(C(C)(C)C)cc(C(C)(C)C)c7)c7cc(-c8cccc(C(C)(C)C)c8)ccc76)c5)cc43)cc2C([2H])([2H])[2H])c([2H])c1[2H]. The molecule has 4 heterocycles. The molecule has 13 rings (SSSR count). The Labute approximate surface area is 487 Å². The van der Waals surface area contributed by atoms with Crippen molar-refractivity contribution < 1.29 is 26.7 Å². The molecule has 0 amide bonds. The van der Waals surface area contributed by atoms with Crippen molar-refractivity contribution in [3.63, 3.8) is 0 Å². The number of hydrogen-bond donors (Lipinski definition) is 0. The summed E-state index contributed by atoms with van der Waals surface area (Å²) in [6.45, 7) is 17.4. The van der Waals surface area contributed by atoms with E-state index in [0.29, 0.717) is 34.2 Å². The summed E-state index contributed by atoms with van der Waals surface area (Å²) in [4.78, 5) is 9.40. The highest BCUT2D eigenvalue weighted by atomic mass is 16.5. The maximum Gasteiger partial charge on any atom is 0.137 e. The zero-order valence-electron chi connectivity index (χ0n) is 61.6. The monoisotopic (exact) mass is 1050 g/mol. The van der Waals surface area contributed by atoms with Crippen LogP contribution in [0.4, 0.5) is 22.7 Å². The fourth-order valence-electron chi connectivity index (χ4n) is 10.9. The van der Waals surface area contributed by atoms with Gasteiger partial charge in [-0.3, -0.25) is 4.57 Å². The Bertz CT molecular complexity index is 5120. The number of para-hydroxylation sites is 3. The van der Waals surface area contributed by atoms with Crippen molar-refractivity contribution in [2.75, 3.05) is 16.5 Å². The molecule has 0 fully saturated rings. The number of nitrogens with zero attached hydrogens (tertiary/aromatic N) is 5. The number of rotatable bonds is 8. The number of anilines is 4. The van der Waals surface area contributed by atoms with E-state index < -0.39 is 85.4 Å². The van der Waals surface area contributed by atoms with Crippen molar-refractivity contribution in [2.24, 2.45) is 0 Å². The van der Waals surface area contributed by atoms with Crippen LogP contribution in [0.5, 0.6) is 11.5 Å². The Morgan fingerprint density at radius 2 is 1.11 bits per heavy atom. The first-order chi connectivity index (χ1) is 44.6. The fourth-order valence-corrected chi connectivity index (χ4v) is 10.9. The predicted octanol–water partition coefficient (Wildman–Crippen LogP) is 19.9. The van der Waals surface area contributed by atoms with Gasteiger partial charge in [-0.2, -0.15) is 0 Å². The van der Waals surface area contributed by atoms with E-state index in [1.165, 1.54) is 33.5 Å². The highest BCUT2D eigenvalue weighted by Crippen LogP contribution is 2.49. The molecule has 9 aromatic carbocycles. The third-order valence-electron chi connectivity index (χ3n) is 15.1. The quantitative estimate of drug-likeness (QED) is 0.152. The first kappa shape index (κ1) is 34.8. The van der Waals surface area contributed by atoms with Gasteiger partial charge < -0.3 is 19.1 Å². The summed E-state index contributed by atoms with van der Waals surface area (Å²) in [5.74, 6) is 0.503. The first-order valence-corrected chi connectivity index (χ1v) is 26.5. The van der Waals surface area contributed by atoms with E-state index in [-0.39, 0.29) is 72.0 Å². The van der Waals surface area contributed by atoms with Crippen molar-refractivity contribution >= 4 is 66.4 Å². The molecule has 0 unspecified atom stereocenters. The van der Waals surface area contributed by atoms with Crippen LogP contribution in [0.3, 0.4) is 0 Å². The van der Waals surface area contributed by atoms with Crippen LogP contribution in [0.15, 0.2) is 212 Å². The number of fused-ring (bicyclic) bond motifs is 7. The molecular formula is C73H67N5O. The van der Waals surface area contributed by atoms with E-state index in [9.17, 15) is 5.48 Å². The summed E-state index contributed by atoms with van der Waals surface area (Å²) < 4.78 is 153. The van der Waals surface area contributed by atoms with E-state index in [2.05, 4.69) is 133 Å². The lowest BCUT2D eigenvalue weighted by Gasteiger charge is -2.29. The molecular weight excluding hydrogens is 963 g/mol. The second-order valence-corrected chi connectivity index (χ2v) is 23.5. The standard InChI is InChI=1S/C73H67N5O/c1-47-36-69(74-45-61(47)48-22-12-11-13-23-48)78-64-33-19-16-30-60(64)70-67(77-62-31-17-14-28-58(62)59-29-15-18-32-63(59)77)43-57(44-68(70)78)79-56-27-21-26-54(42-56)75-46-76(55-40-52(72(5,6)7)39-53(41-55)73(8,9)10)66-38-50(34-35-65(66)75)49-24-20-25-51(37-49)71(2,3)4/h11-45H,46H2,1-10H3/i1D3,11D,12D,13D,14D,15D,17D,18D,22D,23D,28D,29D,31D,32D. The maximum atomic E-state index is 9.57. The van der Waals surface area contributed by atoms with E-state index >= 15 is 0 Å². The molecule has 12 aromatic rings. The number of pyridine rings is 1. The normalized spacial score (nSPS) is 16.1. The average molecular weight is 1050 g/mol. The Balaban J connectivity index is 1.05. The van der Waals surface area contributed by atoms with Crippen LogP contribution in [0, 0.1) is 6.85 Å². The van der Waals surface area contributed by atoms with Gasteiger partial charge in [0, 0.05) is 67.0 Å². The lowest BCUT2D eigenvalue weighted by atomic mass is 9.80. The van der Waals surface area contributed by atoms with Crippen LogP contribution < -0.4 is 14.5 Å². The van der Waals surface area contributed by atoms with Crippen LogP contribution in [-0.2, 0) is 16.2 Å². The fraction of sp³-hybridized carbons (Fsp3) is 0.192. The number of hydrogen-bond acceptors (Lipinski definition) is 4. The summed E-state index contributed by atoms with van der Waals surface area (Å²) in [6.07, 6.45) is 1.17. The van der Waals surface area contributed by atoms with Gasteiger partial charge in [-0.25, -0.2) is 4.98 Å². The van der Waals surface area contributed by atoms with E-state index in [1.54, 1.807) is 47.0 Å². The third kappa shape index (κ3) is 8.80. The van der Waals surface area contributed by atoms with Gasteiger partial charge in [-0.1, -0.05) is 189 Å². The van der Waals surface area contributed by atoms with E-state index in [0.717, 1.165) is 33.9 Å². The van der Waals surface area contributed by atoms with Gasteiger partial charge in [0.1, 0.15) is 24.0 Å². The molecule has 0 bridgehead atoms. The second kappa shape index (κ2) is 18.7. The summed E-state index contributed by atoms with van der Waals surface area (Å²) in [6, 6.07) is 33.6. The van der Waals surface area contributed by atoms with Gasteiger partial charge in [-0.15, -0.1) is 0 Å². The molecule has 0 saturated heterocycles. The third-order valence-corrected chi connectivity index (χ3v) is 15.1. The molecule has 0 spiro atoms. The Morgan fingerprint density at radius 1 is 0.456 bits per heavy atom. The van der Waals surface area contributed by atoms with Crippen LogP contribution >= 0.6 is 0 Å². The van der Waals surface area contributed by atoms with Crippen LogP contribution in [0.25, 0.3) is 77.4 Å². The molecule has 0 N–H and O–H groups in total. The lowest BCUT2D eigenvalue weighted by Crippen LogP contribution is -2.25. The molecule has 0 saturated carbocycles. The largest absolute Gasteiger partial charge is 0.457 e. The zero-order valence-corrected chi connectivity index (χ0v) is 45.6. The van der Waals surface area contributed by atoms with Crippen molar-refractivity contribution in [1.82, 2.24) is 14.1 Å². The second-order valence-electron chi connectivity index (χ2n) is 23.5. The highest BCUT2D eigenvalue weighted by Gasteiger charge is 2.32. The first-order valence-electron chi connectivity index (χ1n) is 34.5. The maximum absolute atomic E-state index is 9.57. The molecule has 79 heavy (non-hydrogen) atoms. The number of aryl methyl sites for hydroxylation is 1.